The van der Waals surface area contributed by atoms with E-state index in [1.54, 1.807) is 6.08 Å². The lowest BCUT2D eigenvalue weighted by Crippen LogP contribution is -1.95. The lowest BCUT2D eigenvalue weighted by Gasteiger charge is -2.06. The average molecular weight is 328 g/mol. The van der Waals surface area contributed by atoms with Gasteiger partial charge in [0.1, 0.15) is 12.4 Å². The van der Waals surface area contributed by atoms with Crippen molar-refractivity contribution in [1.82, 2.24) is 0 Å². The molecule has 0 saturated carbocycles. The first-order valence-corrected chi connectivity index (χ1v) is 8.26. The van der Waals surface area contributed by atoms with E-state index in [-0.39, 0.29) is 5.78 Å². The highest BCUT2D eigenvalue weighted by Gasteiger charge is 2.01. The van der Waals surface area contributed by atoms with E-state index in [1.165, 1.54) is 0 Å². The summed E-state index contributed by atoms with van der Waals surface area (Å²) in [4.78, 5) is 12.2. The molecule has 0 bridgehead atoms. The van der Waals surface area contributed by atoms with Crippen LogP contribution in [0.1, 0.15) is 27.0 Å². The number of aryl methyl sites for hydroxylation is 1. The van der Waals surface area contributed by atoms with E-state index in [4.69, 9.17) is 4.74 Å². The lowest BCUT2D eigenvalue weighted by atomic mass is 10.1. The zero-order chi connectivity index (χ0) is 17.5. The Labute approximate surface area is 148 Å². The molecule has 2 heteroatoms. The molecule has 0 aliphatic carbocycles. The highest BCUT2D eigenvalue weighted by Crippen LogP contribution is 2.15. The van der Waals surface area contributed by atoms with Gasteiger partial charge in [-0.25, -0.2) is 0 Å². The first kappa shape index (κ1) is 16.7. The fourth-order valence-electron chi connectivity index (χ4n) is 2.48. The molecule has 0 unspecified atom stereocenters. The highest BCUT2D eigenvalue weighted by atomic mass is 16.5. The Bertz CT molecular complexity index is 862. The van der Waals surface area contributed by atoms with Crippen molar-refractivity contribution < 1.29 is 9.53 Å². The van der Waals surface area contributed by atoms with Crippen molar-refractivity contribution in [2.75, 3.05) is 0 Å². The van der Waals surface area contributed by atoms with Crippen molar-refractivity contribution in [2.45, 2.75) is 13.5 Å². The summed E-state index contributed by atoms with van der Waals surface area (Å²) in [6.45, 7) is 2.52. The Morgan fingerprint density at radius 1 is 0.920 bits per heavy atom. The van der Waals surface area contributed by atoms with Gasteiger partial charge >= 0.3 is 0 Å². The van der Waals surface area contributed by atoms with E-state index >= 15 is 0 Å². The van der Waals surface area contributed by atoms with Crippen molar-refractivity contribution in [1.29, 1.82) is 0 Å². The van der Waals surface area contributed by atoms with E-state index in [2.05, 4.69) is 0 Å². The molecule has 2 nitrogen and oxygen atoms in total. The van der Waals surface area contributed by atoms with Crippen LogP contribution in [0.25, 0.3) is 6.08 Å². The number of ether oxygens (including phenoxy) is 1. The highest BCUT2D eigenvalue weighted by molar-refractivity contribution is 6.06. The summed E-state index contributed by atoms with van der Waals surface area (Å²) < 4.78 is 5.76. The minimum absolute atomic E-state index is 0.00750. The quantitative estimate of drug-likeness (QED) is 0.443. The fraction of sp³-hybridized carbons (Fsp3) is 0.0870. The summed E-state index contributed by atoms with van der Waals surface area (Å²) in [6.07, 6.45) is 3.43. The van der Waals surface area contributed by atoms with Crippen LogP contribution in [-0.4, -0.2) is 5.78 Å². The van der Waals surface area contributed by atoms with Crippen molar-refractivity contribution >= 4 is 11.9 Å². The van der Waals surface area contributed by atoms with Crippen molar-refractivity contribution in [3.63, 3.8) is 0 Å². The van der Waals surface area contributed by atoms with Crippen molar-refractivity contribution in [3.05, 3.63) is 107 Å². The molecule has 0 N–H and O–H groups in total. The summed E-state index contributed by atoms with van der Waals surface area (Å²) in [7, 11) is 0. The molecule has 3 rings (SSSR count). The predicted molar refractivity (Wildman–Crippen MR) is 102 cm³/mol. The van der Waals surface area contributed by atoms with E-state index in [0.717, 1.165) is 22.4 Å². The Morgan fingerprint density at radius 2 is 1.68 bits per heavy atom. The zero-order valence-electron chi connectivity index (χ0n) is 14.2. The molecule has 0 aliphatic rings. The second-order valence-corrected chi connectivity index (χ2v) is 5.91. The Balaban J connectivity index is 1.59. The maximum Gasteiger partial charge on any atom is 0.185 e. The first-order chi connectivity index (χ1) is 12.2. The molecule has 0 amide bonds. The molecule has 0 saturated heterocycles. The molecule has 0 heterocycles. The molecule has 0 atom stereocenters. The van der Waals surface area contributed by atoms with Crippen LogP contribution in [0, 0.1) is 6.92 Å². The number of benzene rings is 3. The van der Waals surface area contributed by atoms with E-state index < -0.39 is 0 Å². The Hall–Kier alpha value is -3.13. The number of allylic oxidation sites excluding steroid dienone is 1. The maximum atomic E-state index is 12.2. The first-order valence-electron chi connectivity index (χ1n) is 8.26. The fourth-order valence-corrected chi connectivity index (χ4v) is 2.48. The van der Waals surface area contributed by atoms with Crippen LogP contribution in [-0.2, 0) is 6.61 Å². The molecule has 3 aromatic carbocycles. The van der Waals surface area contributed by atoms with Gasteiger partial charge in [0.15, 0.2) is 5.78 Å². The average Bonchev–Trinajstić information content (AvgIpc) is 2.66. The molecular weight excluding hydrogens is 308 g/mol. The second-order valence-electron chi connectivity index (χ2n) is 5.91. The predicted octanol–water partition coefficient (Wildman–Crippen LogP) is 5.47. The van der Waals surface area contributed by atoms with Gasteiger partial charge in [0.25, 0.3) is 0 Å². The molecule has 25 heavy (non-hydrogen) atoms. The van der Waals surface area contributed by atoms with Gasteiger partial charge in [-0.2, -0.15) is 0 Å². The summed E-state index contributed by atoms with van der Waals surface area (Å²) in [5, 5.41) is 0. The van der Waals surface area contributed by atoms with Crippen molar-refractivity contribution in [3.8, 4) is 5.75 Å². The monoisotopic (exact) mass is 328 g/mol. The summed E-state index contributed by atoms with van der Waals surface area (Å²) in [5.74, 6) is 0.819. The van der Waals surface area contributed by atoms with Crippen LogP contribution >= 0.6 is 0 Å². The number of rotatable bonds is 6. The van der Waals surface area contributed by atoms with Crippen molar-refractivity contribution in [2.24, 2.45) is 0 Å². The van der Waals surface area contributed by atoms with Gasteiger partial charge in [-0.3, -0.25) is 4.79 Å². The molecule has 0 fully saturated rings. The van der Waals surface area contributed by atoms with Crippen LogP contribution in [0.4, 0.5) is 0 Å². The van der Waals surface area contributed by atoms with Gasteiger partial charge in [0.05, 0.1) is 0 Å². The maximum absolute atomic E-state index is 12.2. The molecule has 0 aromatic heterocycles. The number of hydrogen-bond donors (Lipinski definition) is 0. The largest absolute Gasteiger partial charge is 0.489 e. The molecule has 0 spiro atoms. The second kappa shape index (κ2) is 8.11. The third-order valence-corrected chi connectivity index (χ3v) is 3.86. The SMILES string of the molecule is Cc1cccc(C(=O)/C=C\c2ccc(OCc3ccccc3)cc2)c1. The van der Waals surface area contributed by atoms with Crippen LogP contribution in [0.15, 0.2) is 84.9 Å². The third kappa shape index (κ3) is 4.92. The van der Waals surface area contributed by atoms with E-state index in [9.17, 15) is 4.79 Å². The summed E-state index contributed by atoms with van der Waals surface area (Å²) in [6, 6.07) is 25.4. The van der Waals surface area contributed by atoms with Crippen LogP contribution in [0.3, 0.4) is 0 Å². The minimum atomic E-state index is 0.00750. The van der Waals surface area contributed by atoms with Crippen LogP contribution < -0.4 is 4.74 Å². The van der Waals surface area contributed by atoms with Gasteiger partial charge in [-0.15, -0.1) is 0 Å². The summed E-state index contributed by atoms with van der Waals surface area (Å²) in [5.41, 5.74) is 3.89. The van der Waals surface area contributed by atoms with Gasteiger partial charge in [-0.1, -0.05) is 72.3 Å². The molecule has 0 aliphatic heterocycles. The normalized spacial score (nSPS) is 10.8. The van der Waals surface area contributed by atoms with E-state index in [0.29, 0.717) is 12.2 Å². The van der Waals surface area contributed by atoms with Gasteiger partial charge < -0.3 is 4.74 Å². The number of carbonyl (C=O) groups excluding carboxylic acids is 1. The van der Waals surface area contributed by atoms with Gasteiger partial charge in [0.2, 0.25) is 0 Å². The summed E-state index contributed by atoms with van der Waals surface area (Å²) >= 11 is 0. The van der Waals surface area contributed by atoms with Gasteiger partial charge in [0, 0.05) is 5.56 Å². The Kier molecular flexibility index (Phi) is 5.43. The topological polar surface area (TPSA) is 26.3 Å². The molecule has 124 valence electrons. The smallest absolute Gasteiger partial charge is 0.185 e. The number of hydrogen-bond acceptors (Lipinski definition) is 2. The number of ketones is 1. The molecule has 0 radical (unpaired) electrons. The molecule has 3 aromatic rings. The lowest BCUT2D eigenvalue weighted by molar-refractivity contribution is 0.104. The number of carbonyl (C=O) groups is 1. The van der Waals surface area contributed by atoms with E-state index in [1.807, 2.05) is 91.9 Å². The third-order valence-electron chi connectivity index (χ3n) is 3.86. The zero-order valence-corrected chi connectivity index (χ0v) is 14.2. The standard InChI is InChI=1S/C23H20O2/c1-18-6-5-9-21(16-18)23(24)15-12-19-10-13-22(14-11-19)25-17-20-7-3-2-4-8-20/h2-16H,17H2,1H3/b15-12-. The van der Waals surface area contributed by atoms with Gasteiger partial charge in [-0.05, 0) is 42.3 Å². The van der Waals surface area contributed by atoms with Crippen LogP contribution in [0.5, 0.6) is 5.75 Å². The molecular formula is C23H20O2. The Morgan fingerprint density at radius 3 is 2.40 bits per heavy atom. The van der Waals surface area contributed by atoms with Crippen LogP contribution in [0.2, 0.25) is 0 Å². The minimum Gasteiger partial charge on any atom is -0.489 e.